The van der Waals surface area contributed by atoms with Crippen molar-refractivity contribution in [1.29, 1.82) is 0 Å². The molecule has 1 aromatic carbocycles. The average Bonchev–Trinajstić information content (AvgIpc) is 2.84. The number of aryl methyl sites for hydroxylation is 1. The fourth-order valence-corrected chi connectivity index (χ4v) is 2.21. The van der Waals surface area contributed by atoms with Crippen LogP contribution in [0.2, 0.25) is 5.02 Å². The number of halogens is 1. The van der Waals surface area contributed by atoms with E-state index < -0.39 is 0 Å². The maximum absolute atomic E-state index is 6.05. The Balaban J connectivity index is 1.85. The van der Waals surface area contributed by atoms with Crippen molar-refractivity contribution in [3.05, 3.63) is 35.0 Å². The van der Waals surface area contributed by atoms with Gasteiger partial charge in [0.25, 0.3) is 0 Å². The molecule has 1 heterocycles. The predicted molar refractivity (Wildman–Crippen MR) is 65.7 cm³/mol. The molecule has 2 nitrogen and oxygen atoms in total. The molecule has 2 aromatic rings. The predicted octanol–water partition coefficient (Wildman–Crippen LogP) is 3.51. The van der Waals surface area contributed by atoms with Gasteiger partial charge in [-0.25, -0.2) is 0 Å². The van der Waals surface area contributed by atoms with Crippen molar-refractivity contribution in [2.24, 2.45) is 5.73 Å². The van der Waals surface area contributed by atoms with Gasteiger partial charge >= 0.3 is 0 Å². The molecule has 0 unspecified atom stereocenters. The molecule has 2 N–H and O–H groups in total. The van der Waals surface area contributed by atoms with E-state index in [4.69, 9.17) is 21.8 Å². The van der Waals surface area contributed by atoms with Crippen LogP contribution < -0.4 is 5.73 Å². The molecule has 1 aliphatic carbocycles. The number of para-hydroxylation sites is 1. The lowest BCUT2D eigenvalue weighted by Crippen LogP contribution is -2.21. The highest BCUT2D eigenvalue weighted by molar-refractivity contribution is 6.34. The first-order chi connectivity index (χ1) is 7.66. The third-order valence-electron chi connectivity index (χ3n) is 3.31. The van der Waals surface area contributed by atoms with Crippen molar-refractivity contribution in [2.75, 3.05) is 0 Å². The van der Waals surface area contributed by atoms with Crippen molar-refractivity contribution in [1.82, 2.24) is 0 Å². The normalized spacial score (nSPS) is 17.9. The zero-order valence-corrected chi connectivity index (χ0v) is 9.76. The van der Waals surface area contributed by atoms with Gasteiger partial charge in [-0.15, -0.1) is 0 Å². The first-order valence-electron chi connectivity index (χ1n) is 5.62. The third-order valence-corrected chi connectivity index (χ3v) is 3.61. The Morgan fingerprint density at radius 2 is 2.19 bits per heavy atom. The van der Waals surface area contributed by atoms with Gasteiger partial charge in [0.15, 0.2) is 5.58 Å². The summed E-state index contributed by atoms with van der Waals surface area (Å²) < 4.78 is 5.73. The molecular weight excluding hydrogens is 222 g/mol. The zero-order chi connectivity index (χ0) is 11.2. The minimum atomic E-state index is 0.0861. The molecule has 0 saturated heterocycles. The lowest BCUT2D eigenvalue weighted by molar-refractivity contribution is 0.508. The molecule has 3 heteroatoms. The monoisotopic (exact) mass is 235 g/mol. The van der Waals surface area contributed by atoms with Crippen LogP contribution in [-0.2, 0) is 6.42 Å². The SMILES string of the molecule is NC1(CCc2cc3cccc(Cl)c3o2)CC1. The summed E-state index contributed by atoms with van der Waals surface area (Å²) in [6.45, 7) is 0. The zero-order valence-electron chi connectivity index (χ0n) is 9.00. The molecule has 1 aromatic heterocycles. The van der Waals surface area contributed by atoms with E-state index in [2.05, 4.69) is 6.07 Å². The lowest BCUT2D eigenvalue weighted by Gasteiger charge is -2.05. The largest absolute Gasteiger partial charge is 0.460 e. The van der Waals surface area contributed by atoms with Crippen LogP contribution >= 0.6 is 11.6 Å². The Morgan fingerprint density at radius 1 is 1.38 bits per heavy atom. The molecule has 0 aliphatic heterocycles. The Hall–Kier alpha value is -0.990. The van der Waals surface area contributed by atoms with Gasteiger partial charge in [0, 0.05) is 17.3 Å². The van der Waals surface area contributed by atoms with E-state index in [1.54, 1.807) is 0 Å². The Bertz CT molecular complexity index is 528. The van der Waals surface area contributed by atoms with E-state index in [9.17, 15) is 0 Å². The van der Waals surface area contributed by atoms with E-state index in [0.29, 0.717) is 5.02 Å². The number of hydrogen-bond donors (Lipinski definition) is 1. The fraction of sp³-hybridized carbons (Fsp3) is 0.385. The summed E-state index contributed by atoms with van der Waals surface area (Å²) in [5.41, 5.74) is 6.93. The number of hydrogen-bond acceptors (Lipinski definition) is 2. The molecule has 0 bridgehead atoms. The van der Waals surface area contributed by atoms with Crippen molar-refractivity contribution >= 4 is 22.6 Å². The van der Waals surface area contributed by atoms with Crippen LogP contribution in [0.5, 0.6) is 0 Å². The molecule has 1 fully saturated rings. The summed E-state index contributed by atoms with van der Waals surface area (Å²) >= 11 is 6.05. The molecule has 16 heavy (non-hydrogen) atoms. The molecule has 0 radical (unpaired) electrons. The topological polar surface area (TPSA) is 39.2 Å². The third kappa shape index (κ3) is 1.83. The average molecular weight is 236 g/mol. The van der Waals surface area contributed by atoms with Crippen LogP contribution in [-0.4, -0.2) is 5.54 Å². The van der Waals surface area contributed by atoms with Gasteiger partial charge in [-0.05, 0) is 31.4 Å². The molecule has 0 atom stereocenters. The van der Waals surface area contributed by atoms with Crippen molar-refractivity contribution in [2.45, 2.75) is 31.2 Å². The molecule has 0 amide bonds. The molecule has 0 spiro atoms. The number of nitrogens with two attached hydrogens (primary N) is 1. The van der Waals surface area contributed by atoms with Crippen LogP contribution in [0.4, 0.5) is 0 Å². The van der Waals surface area contributed by atoms with Crippen LogP contribution in [0, 0.1) is 0 Å². The number of fused-ring (bicyclic) bond motifs is 1. The van der Waals surface area contributed by atoms with Gasteiger partial charge < -0.3 is 10.2 Å². The number of rotatable bonds is 3. The second-order valence-electron chi connectivity index (χ2n) is 4.73. The summed E-state index contributed by atoms with van der Waals surface area (Å²) in [6, 6.07) is 7.87. The van der Waals surface area contributed by atoms with Gasteiger partial charge in [-0.3, -0.25) is 0 Å². The second-order valence-corrected chi connectivity index (χ2v) is 5.14. The van der Waals surface area contributed by atoms with Gasteiger partial charge in [-0.2, -0.15) is 0 Å². The summed E-state index contributed by atoms with van der Waals surface area (Å²) in [4.78, 5) is 0. The van der Waals surface area contributed by atoms with E-state index in [-0.39, 0.29) is 5.54 Å². The number of benzene rings is 1. The van der Waals surface area contributed by atoms with Crippen LogP contribution in [0.25, 0.3) is 11.0 Å². The van der Waals surface area contributed by atoms with Crippen molar-refractivity contribution < 1.29 is 4.42 Å². The lowest BCUT2D eigenvalue weighted by atomic mass is 10.1. The van der Waals surface area contributed by atoms with Gasteiger partial charge in [0.2, 0.25) is 0 Å². The highest BCUT2D eigenvalue weighted by atomic mass is 35.5. The molecular formula is C13H14ClNO. The summed E-state index contributed by atoms with van der Waals surface area (Å²) in [7, 11) is 0. The smallest absolute Gasteiger partial charge is 0.152 e. The van der Waals surface area contributed by atoms with E-state index in [1.807, 2.05) is 18.2 Å². The van der Waals surface area contributed by atoms with E-state index >= 15 is 0 Å². The molecule has 3 rings (SSSR count). The number of furan rings is 1. The first-order valence-corrected chi connectivity index (χ1v) is 6.00. The summed E-state index contributed by atoms with van der Waals surface area (Å²) in [6.07, 6.45) is 4.20. The highest BCUT2D eigenvalue weighted by Crippen LogP contribution is 2.37. The van der Waals surface area contributed by atoms with Crippen LogP contribution in [0.1, 0.15) is 25.0 Å². The van der Waals surface area contributed by atoms with Crippen molar-refractivity contribution in [3.63, 3.8) is 0 Å². The van der Waals surface area contributed by atoms with Gasteiger partial charge in [0.05, 0.1) is 5.02 Å². The van der Waals surface area contributed by atoms with E-state index in [1.165, 1.54) is 0 Å². The van der Waals surface area contributed by atoms with Crippen LogP contribution in [0.3, 0.4) is 0 Å². The molecule has 1 saturated carbocycles. The Morgan fingerprint density at radius 3 is 2.88 bits per heavy atom. The summed E-state index contributed by atoms with van der Waals surface area (Å²) in [5, 5.41) is 1.75. The molecule has 1 aliphatic rings. The fourth-order valence-electron chi connectivity index (χ4n) is 1.99. The first kappa shape index (κ1) is 10.2. The van der Waals surface area contributed by atoms with Crippen molar-refractivity contribution in [3.8, 4) is 0 Å². The minimum Gasteiger partial charge on any atom is -0.460 e. The standard InChI is InChI=1S/C13H14ClNO/c14-11-3-1-2-9-8-10(16-12(9)11)4-5-13(15)6-7-13/h1-3,8H,4-7,15H2. The maximum atomic E-state index is 6.05. The quantitative estimate of drug-likeness (QED) is 0.884. The molecule has 84 valence electrons. The maximum Gasteiger partial charge on any atom is 0.152 e. The highest BCUT2D eigenvalue weighted by Gasteiger charge is 2.37. The van der Waals surface area contributed by atoms with E-state index in [0.717, 1.165) is 42.4 Å². The Labute approximate surface area is 99.4 Å². The second kappa shape index (κ2) is 3.51. The van der Waals surface area contributed by atoms with Gasteiger partial charge in [-0.1, -0.05) is 23.7 Å². The Kier molecular flexibility index (Phi) is 2.23. The summed E-state index contributed by atoms with van der Waals surface area (Å²) in [5.74, 6) is 0.986. The minimum absolute atomic E-state index is 0.0861. The van der Waals surface area contributed by atoms with Gasteiger partial charge in [0.1, 0.15) is 5.76 Å². The van der Waals surface area contributed by atoms with Crippen LogP contribution in [0.15, 0.2) is 28.7 Å².